The van der Waals surface area contributed by atoms with Crippen LogP contribution in [-0.4, -0.2) is 44.7 Å². The van der Waals surface area contributed by atoms with Gasteiger partial charge in [-0.3, -0.25) is 4.98 Å². The SMILES string of the molecule is CNC1COc2c(S(N)(=O)=NC(=O)Nc3c4c(nc5c3CCC5)CCC4)cnn2C1. The van der Waals surface area contributed by atoms with Crippen molar-refractivity contribution in [2.24, 2.45) is 9.50 Å². The molecule has 3 aliphatic rings. The maximum Gasteiger partial charge on any atom is 0.354 e. The second kappa shape index (κ2) is 7.33. The Kier molecular flexibility index (Phi) is 4.75. The Bertz CT molecular complexity index is 1120. The van der Waals surface area contributed by atoms with Crippen molar-refractivity contribution >= 4 is 21.6 Å². The Labute approximate surface area is 174 Å². The predicted molar refractivity (Wildman–Crippen MR) is 111 cm³/mol. The molecule has 4 N–H and O–H groups in total. The average Bonchev–Trinajstić information content (AvgIpc) is 3.45. The van der Waals surface area contributed by atoms with Crippen molar-refractivity contribution in [2.45, 2.75) is 56.0 Å². The molecule has 2 atom stereocenters. The summed E-state index contributed by atoms with van der Waals surface area (Å²) in [4.78, 5) is 17.7. The lowest BCUT2D eigenvalue weighted by Gasteiger charge is -2.24. The monoisotopic (exact) mass is 431 g/mol. The Morgan fingerprint density at radius 1 is 1.27 bits per heavy atom. The number of pyridine rings is 1. The van der Waals surface area contributed by atoms with Gasteiger partial charge in [0.1, 0.15) is 11.5 Å². The third-order valence-corrected chi connectivity index (χ3v) is 7.35. The fourth-order valence-electron chi connectivity index (χ4n) is 4.49. The molecule has 0 saturated carbocycles. The summed E-state index contributed by atoms with van der Waals surface area (Å²) >= 11 is 0. The minimum absolute atomic E-state index is 0.0928. The van der Waals surface area contributed by atoms with E-state index in [2.05, 4.69) is 20.1 Å². The van der Waals surface area contributed by atoms with E-state index in [4.69, 9.17) is 14.9 Å². The van der Waals surface area contributed by atoms with Crippen LogP contribution in [0.3, 0.4) is 0 Å². The molecule has 10 nitrogen and oxygen atoms in total. The van der Waals surface area contributed by atoms with Crippen LogP contribution in [0.5, 0.6) is 5.88 Å². The number of carbonyl (C=O) groups is 1. The zero-order chi connectivity index (χ0) is 20.9. The third kappa shape index (κ3) is 3.26. The normalized spacial score (nSPS) is 21.2. The van der Waals surface area contributed by atoms with E-state index in [0.29, 0.717) is 19.0 Å². The number of anilines is 1. The van der Waals surface area contributed by atoms with Gasteiger partial charge < -0.3 is 15.4 Å². The molecule has 1 aliphatic heterocycles. The lowest BCUT2D eigenvalue weighted by molar-refractivity contribution is 0.184. The van der Waals surface area contributed by atoms with Crippen LogP contribution in [0.15, 0.2) is 15.5 Å². The Balaban J connectivity index is 1.45. The summed E-state index contributed by atoms with van der Waals surface area (Å²) in [5, 5.41) is 16.2. The van der Waals surface area contributed by atoms with E-state index in [1.165, 1.54) is 6.20 Å². The molecule has 11 heteroatoms. The molecular weight excluding hydrogens is 406 g/mol. The largest absolute Gasteiger partial charge is 0.475 e. The van der Waals surface area contributed by atoms with Crippen molar-refractivity contribution in [1.29, 1.82) is 0 Å². The fourth-order valence-corrected chi connectivity index (χ4v) is 5.49. The van der Waals surface area contributed by atoms with E-state index < -0.39 is 15.9 Å². The highest BCUT2D eigenvalue weighted by atomic mass is 32.2. The maximum atomic E-state index is 13.1. The van der Waals surface area contributed by atoms with Gasteiger partial charge in [-0.15, -0.1) is 4.36 Å². The van der Waals surface area contributed by atoms with E-state index in [9.17, 15) is 9.00 Å². The van der Waals surface area contributed by atoms with Gasteiger partial charge in [-0.1, -0.05) is 0 Å². The number of likely N-dealkylation sites (N-methyl/N-ethyl adjacent to an activating group) is 1. The number of aromatic nitrogens is 3. The number of rotatable bonds is 3. The second-order valence-corrected chi connectivity index (χ2v) is 9.69. The van der Waals surface area contributed by atoms with Gasteiger partial charge in [0, 0.05) is 11.4 Å². The molecule has 2 amide bonds. The third-order valence-electron chi connectivity index (χ3n) is 6.00. The lowest BCUT2D eigenvalue weighted by atomic mass is 10.1. The number of urea groups is 1. The molecule has 30 heavy (non-hydrogen) atoms. The molecule has 0 radical (unpaired) electrons. The van der Waals surface area contributed by atoms with E-state index in [1.54, 1.807) is 4.68 Å². The first-order valence-corrected chi connectivity index (χ1v) is 11.8. The quantitative estimate of drug-likeness (QED) is 0.667. The van der Waals surface area contributed by atoms with Gasteiger partial charge >= 0.3 is 6.03 Å². The van der Waals surface area contributed by atoms with Crippen LogP contribution in [0.1, 0.15) is 35.4 Å². The van der Waals surface area contributed by atoms with Crippen molar-refractivity contribution in [3.8, 4) is 5.88 Å². The number of aryl methyl sites for hydroxylation is 2. The van der Waals surface area contributed by atoms with Crippen LogP contribution >= 0.6 is 0 Å². The van der Waals surface area contributed by atoms with Crippen molar-refractivity contribution in [3.63, 3.8) is 0 Å². The Hall–Kier alpha value is -2.50. The maximum absolute atomic E-state index is 13.1. The molecule has 160 valence electrons. The molecule has 2 aromatic rings. The number of hydrogen-bond acceptors (Lipinski definition) is 6. The summed E-state index contributed by atoms with van der Waals surface area (Å²) in [5.41, 5.74) is 5.05. The molecule has 2 aromatic heterocycles. The number of hydrogen-bond donors (Lipinski definition) is 3. The molecule has 0 fully saturated rings. The molecule has 0 saturated heterocycles. The summed E-state index contributed by atoms with van der Waals surface area (Å²) in [6, 6.07) is -0.629. The summed E-state index contributed by atoms with van der Waals surface area (Å²) in [5.74, 6) is 0.302. The van der Waals surface area contributed by atoms with Crippen LogP contribution in [0.4, 0.5) is 10.5 Å². The number of nitrogens with one attached hydrogen (secondary N) is 2. The minimum atomic E-state index is -3.51. The number of nitrogens with zero attached hydrogens (tertiary/aromatic N) is 4. The van der Waals surface area contributed by atoms with Gasteiger partial charge in [-0.25, -0.2) is 18.8 Å². The van der Waals surface area contributed by atoms with Crippen LogP contribution in [0, 0.1) is 0 Å². The lowest BCUT2D eigenvalue weighted by Crippen LogP contribution is -2.40. The van der Waals surface area contributed by atoms with Crippen molar-refractivity contribution in [2.75, 3.05) is 19.0 Å². The van der Waals surface area contributed by atoms with E-state index in [-0.39, 0.29) is 10.9 Å². The smallest absolute Gasteiger partial charge is 0.354 e. The molecule has 0 aromatic carbocycles. The summed E-state index contributed by atoms with van der Waals surface area (Å²) in [6.07, 6.45) is 7.00. The zero-order valence-electron chi connectivity index (χ0n) is 16.8. The van der Waals surface area contributed by atoms with Crippen molar-refractivity contribution in [3.05, 3.63) is 28.7 Å². The molecular formula is C19H25N7O3S. The molecule has 3 heterocycles. The first-order chi connectivity index (χ1) is 14.5. The topological polar surface area (TPSA) is 137 Å². The molecule has 0 spiro atoms. The van der Waals surface area contributed by atoms with E-state index in [1.807, 2.05) is 7.05 Å². The van der Waals surface area contributed by atoms with Crippen molar-refractivity contribution in [1.82, 2.24) is 20.1 Å². The standard InChI is InChI=1S/C19H25N7O3S/c1-21-11-9-26-18(29-10-11)16(8-22-26)30(20,28)25-19(27)24-17-12-4-2-6-14(12)23-15-7-3-5-13(15)17/h8,11,21H,2-7,9-10H2,1H3,(H3,20,23,24,25,27,28). The van der Waals surface area contributed by atoms with E-state index in [0.717, 1.165) is 66.7 Å². The van der Waals surface area contributed by atoms with Gasteiger partial charge in [0.2, 0.25) is 5.88 Å². The molecule has 2 unspecified atom stereocenters. The average molecular weight is 432 g/mol. The molecule has 2 aliphatic carbocycles. The molecule has 0 bridgehead atoms. The fraction of sp³-hybridized carbons (Fsp3) is 0.526. The zero-order valence-corrected chi connectivity index (χ0v) is 17.6. The van der Waals surface area contributed by atoms with Gasteiger partial charge in [0.05, 0.1) is 24.5 Å². The van der Waals surface area contributed by atoms with Gasteiger partial charge in [-0.05, 0) is 56.7 Å². The van der Waals surface area contributed by atoms with Gasteiger partial charge in [0.15, 0.2) is 9.92 Å². The van der Waals surface area contributed by atoms with Gasteiger partial charge in [0.25, 0.3) is 0 Å². The number of ether oxygens (including phenoxy) is 1. The number of amides is 2. The van der Waals surface area contributed by atoms with Gasteiger partial charge in [-0.2, -0.15) is 5.10 Å². The van der Waals surface area contributed by atoms with Crippen molar-refractivity contribution < 1.29 is 13.7 Å². The number of carbonyl (C=O) groups excluding carboxylic acids is 1. The van der Waals surface area contributed by atoms with Crippen LogP contribution < -0.4 is 20.5 Å². The van der Waals surface area contributed by atoms with E-state index >= 15 is 0 Å². The number of fused-ring (bicyclic) bond motifs is 3. The van der Waals surface area contributed by atoms with Crippen LogP contribution in [0.25, 0.3) is 0 Å². The summed E-state index contributed by atoms with van der Waals surface area (Å²) in [7, 11) is -1.68. The Morgan fingerprint density at radius 3 is 2.63 bits per heavy atom. The Morgan fingerprint density at radius 2 is 1.97 bits per heavy atom. The summed E-state index contributed by atoms with van der Waals surface area (Å²) in [6.45, 7) is 0.953. The van der Waals surface area contributed by atoms with Crippen LogP contribution in [0.2, 0.25) is 0 Å². The first kappa shape index (κ1) is 19.5. The highest BCUT2D eigenvalue weighted by Gasteiger charge is 2.29. The minimum Gasteiger partial charge on any atom is -0.475 e. The first-order valence-electron chi connectivity index (χ1n) is 10.2. The predicted octanol–water partition coefficient (Wildman–Crippen LogP) is 1.17. The van der Waals surface area contributed by atoms with Crippen LogP contribution in [-0.2, 0) is 42.1 Å². The summed E-state index contributed by atoms with van der Waals surface area (Å²) < 4.78 is 24.2. The number of nitrogens with two attached hydrogens (primary N) is 1. The molecule has 5 rings (SSSR count). The highest BCUT2D eigenvalue weighted by molar-refractivity contribution is 7.91. The second-order valence-electron chi connectivity index (χ2n) is 7.93. The highest BCUT2D eigenvalue weighted by Crippen LogP contribution is 2.36.